The lowest BCUT2D eigenvalue weighted by atomic mass is 10.1. The lowest BCUT2D eigenvalue weighted by Gasteiger charge is -2.29. The minimum absolute atomic E-state index is 0. The zero-order chi connectivity index (χ0) is 13.8. The number of hydrazine groups is 1. The Morgan fingerprint density at radius 2 is 1.35 bits per heavy atom. The first-order valence-electron chi connectivity index (χ1n) is 8.56. The molecule has 0 atom stereocenters. The molecule has 0 amide bonds. The third-order valence-electron chi connectivity index (χ3n) is 3.97. The van der Waals surface area contributed by atoms with Crippen LogP contribution in [0.25, 0.3) is 0 Å². The van der Waals surface area contributed by atoms with Gasteiger partial charge in [-0.15, -0.1) is 17.0 Å². The van der Waals surface area contributed by atoms with Crippen LogP contribution in [0.3, 0.4) is 0 Å². The molecule has 120 valence electrons. The van der Waals surface area contributed by atoms with E-state index in [4.69, 9.17) is 0 Å². The van der Waals surface area contributed by atoms with Gasteiger partial charge in [0.2, 0.25) is 0 Å². The van der Waals surface area contributed by atoms with Gasteiger partial charge in [-0.05, 0) is 12.8 Å². The van der Waals surface area contributed by atoms with Crippen LogP contribution in [0.1, 0.15) is 78.1 Å². The van der Waals surface area contributed by atoms with Gasteiger partial charge in [0.15, 0.2) is 0 Å². The molecule has 0 aromatic heterocycles. The first-order valence-corrected chi connectivity index (χ1v) is 8.56. The Labute approximate surface area is 137 Å². The average molecular weight is 347 g/mol. The fraction of sp³-hybridized carbons (Fsp3) is 0.882. The van der Waals surface area contributed by atoms with Crippen molar-refractivity contribution < 1.29 is 0 Å². The first kappa shape index (κ1) is 20.0. The van der Waals surface area contributed by atoms with E-state index in [9.17, 15) is 0 Å². The quantitative estimate of drug-likeness (QED) is 0.427. The minimum atomic E-state index is 0. The first-order chi connectivity index (χ1) is 9.38. The molecule has 0 fully saturated rings. The van der Waals surface area contributed by atoms with E-state index in [1.807, 2.05) is 0 Å². The van der Waals surface area contributed by atoms with Gasteiger partial charge in [0.05, 0.1) is 0 Å². The highest BCUT2D eigenvalue weighted by molar-refractivity contribution is 8.93. The van der Waals surface area contributed by atoms with Crippen LogP contribution < -0.4 is 0 Å². The molecule has 1 rings (SSSR count). The van der Waals surface area contributed by atoms with E-state index in [0.29, 0.717) is 0 Å². The van der Waals surface area contributed by atoms with Gasteiger partial charge >= 0.3 is 0 Å². The monoisotopic (exact) mass is 346 g/mol. The van der Waals surface area contributed by atoms with Crippen molar-refractivity contribution in [2.45, 2.75) is 78.1 Å². The molecule has 0 aliphatic carbocycles. The van der Waals surface area contributed by atoms with Crippen molar-refractivity contribution in [2.24, 2.45) is 0 Å². The Bertz CT molecular complexity index is 231. The Kier molecular flexibility index (Phi) is 13.9. The van der Waals surface area contributed by atoms with Gasteiger partial charge in [0, 0.05) is 25.8 Å². The van der Waals surface area contributed by atoms with E-state index in [1.165, 1.54) is 77.3 Å². The summed E-state index contributed by atoms with van der Waals surface area (Å²) in [5.74, 6) is 0. The summed E-state index contributed by atoms with van der Waals surface area (Å²) < 4.78 is 0. The van der Waals surface area contributed by atoms with Gasteiger partial charge in [-0.1, -0.05) is 71.3 Å². The van der Waals surface area contributed by atoms with Gasteiger partial charge in [0.25, 0.3) is 0 Å². The molecule has 0 aromatic rings. The van der Waals surface area contributed by atoms with Gasteiger partial charge in [0.1, 0.15) is 0 Å². The number of halogens is 1. The number of unbranched alkanes of at least 4 members (excludes halogenated alkanes) is 8. The van der Waals surface area contributed by atoms with E-state index in [1.54, 1.807) is 0 Å². The molecule has 0 radical (unpaired) electrons. The zero-order valence-electron chi connectivity index (χ0n) is 13.6. The normalized spacial score (nSPS) is 14.8. The molecule has 3 heteroatoms. The van der Waals surface area contributed by atoms with Crippen LogP contribution in [-0.4, -0.2) is 29.7 Å². The standard InChI is InChI=1S/C17H34N2.BrH/c1-3-5-7-8-9-10-11-12-15-19-17-13-16-18(19)14-6-4-2;/h13,16H,3-12,14-15,17H2,1-2H3;1H. The van der Waals surface area contributed by atoms with Crippen molar-refractivity contribution in [3.8, 4) is 0 Å². The zero-order valence-corrected chi connectivity index (χ0v) is 15.4. The highest BCUT2D eigenvalue weighted by Crippen LogP contribution is 2.13. The summed E-state index contributed by atoms with van der Waals surface area (Å²) in [6, 6.07) is 0. The highest BCUT2D eigenvalue weighted by Gasteiger charge is 2.14. The van der Waals surface area contributed by atoms with Crippen molar-refractivity contribution in [3.63, 3.8) is 0 Å². The van der Waals surface area contributed by atoms with Crippen LogP contribution in [0.5, 0.6) is 0 Å². The largest absolute Gasteiger partial charge is 0.313 e. The highest BCUT2D eigenvalue weighted by atomic mass is 79.9. The van der Waals surface area contributed by atoms with Crippen molar-refractivity contribution in [1.82, 2.24) is 10.0 Å². The second-order valence-corrected chi connectivity index (χ2v) is 5.79. The molecule has 0 saturated carbocycles. The molecule has 1 aliphatic heterocycles. The van der Waals surface area contributed by atoms with Crippen molar-refractivity contribution in [2.75, 3.05) is 19.6 Å². The molecule has 0 unspecified atom stereocenters. The maximum Gasteiger partial charge on any atom is 0.0379 e. The van der Waals surface area contributed by atoms with Gasteiger partial charge in [-0.25, -0.2) is 5.01 Å². The lowest BCUT2D eigenvalue weighted by molar-refractivity contribution is 0.0487. The molecular weight excluding hydrogens is 312 g/mol. The smallest absolute Gasteiger partial charge is 0.0379 e. The van der Waals surface area contributed by atoms with E-state index in [-0.39, 0.29) is 17.0 Å². The summed E-state index contributed by atoms with van der Waals surface area (Å²) in [6.45, 7) is 8.12. The number of nitrogens with zero attached hydrogens (tertiary/aromatic N) is 2. The Hall–Kier alpha value is -0.0200. The summed E-state index contributed by atoms with van der Waals surface area (Å²) in [4.78, 5) is 0. The molecule has 20 heavy (non-hydrogen) atoms. The predicted octanol–water partition coefficient (Wildman–Crippen LogP) is 5.55. The van der Waals surface area contributed by atoms with Crippen LogP contribution in [0.15, 0.2) is 12.3 Å². The van der Waals surface area contributed by atoms with Crippen LogP contribution in [0, 0.1) is 0 Å². The van der Waals surface area contributed by atoms with Crippen LogP contribution >= 0.6 is 17.0 Å². The third kappa shape index (κ3) is 9.02. The van der Waals surface area contributed by atoms with Crippen molar-refractivity contribution in [3.05, 3.63) is 12.3 Å². The second kappa shape index (κ2) is 13.9. The van der Waals surface area contributed by atoms with E-state index in [2.05, 4.69) is 36.1 Å². The van der Waals surface area contributed by atoms with Crippen LogP contribution in [0.2, 0.25) is 0 Å². The summed E-state index contributed by atoms with van der Waals surface area (Å²) in [5.41, 5.74) is 0. The van der Waals surface area contributed by atoms with Crippen LogP contribution in [-0.2, 0) is 0 Å². The van der Waals surface area contributed by atoms with Crippen LogP contribution in [0.4, 0.5) is 0 Å². The van der Waals surface area contributed by atoms with E-state index in [0.717, 1.165) is 6.54 Å². The van der Waals surface area contributed by atoms with Gasteiger partial charge in [-0.2, -0.15) is 0 Å². The summed E-state index contributed by atoms with van der Waals surface area (Å²) in [6.07, 6.45) is 18.5. The average Bonchev–Trinajstić information content (AvgIpc) is 2.87. The number of hydrogen-bond donors (Lipinski definition) is 0. The molecule has 0 aromatic carbocycles. The maximum absolute atomic E-state index is 2.51. The SMILES string of the molecule is Br.CCCCCCCCCCN1CC=CN1CCCC. The van der Waals surface area contributed by atoms with E-state index >= 15 is 0 Å². The molecule has 1 aliphatic rings. The lowest BCUT2D eigenvalue weighted by Crippen LogP contribution is -2.36. The fourth-order valence-corrected chi connectivity index (χ4v) is 2.67. The topological polar surface area (TPSA) is 6.48 Å². The molecular formula is C17H35BrN2. The maximum atomic E-state index is 2.51. The molecule has 2 nitrogen and oxygen atoms in total. The molecule has 0 N–H and O–H groups in total. The Balaban J connectivity index is 0.00000361. The Morgan fingerprint density at radius 1 is 0.750 bits per heavy atom. The molecule has 0 spiro atoms. The Morgan fingerprint density at radius 3 is 2.00 bits per heavy atom. The van der Waals surface area contributed by atoms with Gasteiger partial charge < -0.3 is 5.01 Å². The fourth-order valence-electron chi connectivity index (χ4n) is 2.67. The third-order valence-corrected chi connectivity index (χ3v) is 3.97. The molecule has 1 heterocycles. The van der Waals surface area contributed by atoms with Gasteiger partial charge in [-0.3, -0.25) is 0 Å². The number of hydrogen-bond acceptors (Lipinski definition) is 2. The van der Waals surface area contributed by atoms with E-state index < -0.39 is 0 Å². The predicted molar refractivity (Wildman–Crippen MR) is 95.3 cm³/mol. The summed E-state index contributed by atoms with van der Waals surface area (Å²) in [7, 11) is 0. The number of rotatable bonds is 12. The molecule has 0 bridgehead atoms. The summed E-state index contributed by atoms with van der Waals surface area (Å²) >= 11 is 0. The van der Waals surface area contributed by atoms with Crippen molar-refractivity contribution in [1.29, 1.82) is 0 Å². The second-order valence-electron chi connectivity index (χ2n) is 5.79. The summed E-state index contributed by atoms with van der Waals surface area (Å²) in [5, 5.41) is 4.93. The molecule has 0 saturated heterocycles. The van der Waals surface area contributed by atoms with Crippen molar-refractivity contribution >= 4 is 17.0 Å². The minimum Gasteiger partial charge on any atom is -0.313 e.